The van der Waals surface area contributed by atoms with Crippen LogP contribution >= 0.6 is 0 Å². The van der Waals surface area contributed by atoms with Gasteiger partial charge in [0.2, 0.25) is 11.8 Å². The van der Waals surface area contributed by atoms with E-state index in [1.807, 2.05) is 6.92 Å². The SMILES string of the molecule is CCCNC(=O)CCCC(=O)NC1CC(C(=O)O)C1. The first-order chi connectivity index (χ1) is 9.02. The van der Waals surface area contributed by atoms with Gasteiger partial charge in [-0.25, -0.2) is 0 Å². The largest absolute Gasteiger partial charge is 0.481 e. The summed E-state index contributed by atoms with van der Waals surface area (Å²) in [6.07, 6.45) is 3.12. The van der Waals surface area contributed by atoms with Crippen molar-refractivity contribution in [3.8, 4) is 0 Å². The minimum Gasteiger partial charge on any atom is -0.481 e. The van der Waals surface area contributed by atoms with Gasteiger partial charge in [0.05, 0.1) is 5.92 Å². The number of amides is 2. The van der Waals surface area contributed by atoms with Crippen molar-refractivity contribution in [2.24, 2.45) is 5.92 Å². The van der Waals surface area contributed by atoms with E-state index in [1.165, 1.54) is 0 Å². The van der Waals surface area contributed by atoms with Crippen LogP contribution in [0, 0.1) is 5.92 Å². The number of carbonyl (C=O) groups is 3. The lowest BCUT2D eigenvalue weighted by atomic mass is 9.80. The second kappa shape index (κ2) is 7.76. The quantitative estimate of drug-likeness (QED) is 0.604. The second-order valence-electron chi connectivity index (χ2n) is 4.97. The fourth-order valence-corrected chi connectivity index (χ4v) is 2.00. The number of hydrogen-bond donors (Lipinski definition) is 3. The molecule has 1 saturated carbocycles. The molecule has 2 amide bonds. The molecule has 1 aliphatic rings. The van der Waals surface area contributed by atoms with Gasteiger partial charge in [0.1, 0.15) is 0 Å². The van der Waals surface area contributed by atoms with Gasteiger partial charge in [-0.3, -0.25) is 14.4 Å². The fourth-order valence-electron chi connectivity index (χ4n) is 2.00. The molecule has 0 aliphatic heterocycles. The molecule has 0 saturated heterocycles. The first kappa shape index (κ1) is 15.5. The van der Waals surface area contributed by atoms with Crippen LogP contribution in [0.25, 0.3) is 0 Å². The molecule has 1 rings (SSSR count). The van der Waals surface area contributed by atoms with Crippen LogP contribution in [0.3, 0.4) is 0 Å². The van der Waals surface area contributed by atoms with E-state index in [-0.39, 0.29) is 23.8 Å². The number of aliphatic carboxylic acids is 1. The molecule has 0 aromatic heterocycles. The molecule has 108 valence electrons. The first-order valence-electron chi connectivity index (χ1n) is 6.81. The Bertz CT molecular complexity index is 338. The minimum atomic E-state index is -0.793. The maximum Gasteiger partial charge on any atom is 0.306 e. The summed E-state index contributed by atoms with van der Waals surface area (Å²) < 4.78 is 0. The number of carboxylic acids is 1. The molecular formula is C13H22N2O4. The highest BCUT2D eigenvalue weighted by molar-refractivity contribution is 5.79. The summed E-state index contributed by atoms with van der Waals surface area (Å²) in [6, 6.07) is -0.0116. The van der Waals surface area contributed by atoms with Crippen LogP contribution in [-0.4, -0.2) is 35.5 Å². The van der Waals surface area contributed by atoms with Crippen molar-refractivity contribution >= 4 is 17.8 Å². The fraction of sp³-hybridized carbons (Fsp3) is 0.769. The van der Waals surface area contributed by atoms with E-state index in [0.717, 1.165) is 6.42 Å². The predicted octanol–water partition coefficient (Wildman–Crippen LogP) is 0.662. The second-order valence-corrected chi connectivity index (χ2v) is 4.97. The van der Waals surface area contributed by atoms with Crippen molar-refractivity contribution in [3.05, 3.63) is 0 Å². The summed E-state index contributed by atoms with van der Waals surface area (Å²) in [7, 11) is 0. The van der Waals surface area contributed by atoms with Crippen LogP contribution in [0.1, 0.15) is 45.4 Å². The zero-order chi connectivity index (χ0) is 14.3. The van der Waals surface area contributed by atoms with Crippen LogP contribution in [0.2, 0.25) is 0 Å². The summed E-state index contributed by atoms with van der Waals surface area (Å²) in [5.74, 6) is -1.23. The lowest BCUT2D eigenvalue weighted by molar-refractivity contribution is -0.146. The third kappa shape index (κ3) is 5.72. The third-order valence-electron chi connectivity index (χ3n) is 3.23. The maximum atomic E-state index is 11.5. The molecule has 19 heavy (non-hydrogen) atoms. The van der Waals surface area contributed by atoms with Crippen LogP contribution < -0.4 is 10.6 Å². The summed E-state index contributed by atoms with van der Waals surface area (Å²) in [5.41, 5.74) is 0. The molecule has 0 aromatic rings. The Morgan fingerprint density at radius 1 is 1.16 bits per heavy atom. The summed E-state index contributed by atoms with van der Waals surface area (Å²) >= 11 is 0. The van der Waals surface area contributed by atoms with Gasteiger partial charge in [0.15, 0.2) is 0 Å². The van der Waals surface area contributed by atoms with Crippen molar-refractivity contribution in [2.45, 2.75) is 51.5 Å². The topological polar surface area (TPSA) is 95.5 Å². The molecule has 6 nitrogen and oxygen atoms in total. The van der Waals surface area contributed by atoms with Gasteiger partial charge < -0.3 is 15.7 Å². The van der Waals surface area contributed by atoms with Crippen molar-refractivity contribution < 1.29 is 19.5 Å². The highest BCUT2D eigenvalue weighted by Crippen LogP contribution is 2.27. The average molecular weight is 270 g/mol. The van der Waals surface area contributed by atoms with Gasteiger partial charge in [-0.2, -0.15) is 0 Å². The zero-order valence-electron chi connectivity index (χ0n) is 11.3. The van der Waals surface area contributed by atoms with Crippen molar-refractivity contribution in [1.82, 2.24) is 10.6 Å². The number of hydrogen-bond acceptors (Lipinski definition) is 3. The lowest BCUT2D eigenvalue weighted by Crippen LogP contribution is -2.46. The van der Waals surface area contributed by atoms with E-state index >= 15 is 0 Å². The molecule has 3 N–H and O–H groups in total. The number of carbonyl (C=O) groups excluding carboxylic acids is 2. The molecule has 0 radical (unpaired) electrons. The van der Waals surface area contributed by atoms with Gasteiger partial charge in [0, 0.05) is 25.4 Å². The molecule has 1 aliphatic carbocycles. The average Bonchev–Trinajstić information content (AvgIpc) is 2.30. The monoisotopic (exact) mass is 270 g/mol. The van der Waals surface area contributed by atoms with Crippen molar-refractivity contribution in [2.75, 3.05) is 6.54 Å². The molecule has 0 aromatic carbocycles. The maximum absolute atomic E-state index is 11.5. The molecule has 1 fully saturated rings. The zero-order valence-corrected chi connectivity index (χ0v) is 11.3. The Balaban J connectivity index is 2.03. The Morgan fingerprint density at radius 3 is 2.37 bits per heavy atom. The summed E-state index contributed by atoms with van der Waals surface area (Å²) in [4.78, 5) is 33.4. The molecule has 6 heteroatoms. The number of rotatable bonds is 8. The predicted molar refractivity (Wildman–Crippen MR) is 69.4 cm³/mol. The van der Waals surface area contributed by atoms with E-state index in [4.69, 9.17) is 5.11 Å². The van der Waals surface area contributed by atoms with E-state index in [2.05, 4.69) is 10.6 Å². The molecular weight excluding hydrogens is 248 g/mol. The van der Waals surface area contributed by atoms with Gasteiger partial charge >= 0.3 is 5.97 Å². The lowest BCUT2D eigenvalue weighted by Gasteiger charge is -2.32. The minimum absolute atomic E-state index is 0.0116. The summed E-state index contributed by atoms with van der Waals surface area (Å²) in [6.45, 7) is 2.65. The van der Waals surface area contributed by atoms with Crippen molar-refractivity contribution in [3.63, 3.8) is 0 Å². The number of carboxylic acid groups (broad SMARTS) is 1. The Kier molecular flexibility index (Phi) is 6.32. The smallest absolute Gasteiger partial charge is 0.306 e. The normalized spacial score (nSPS) is 21.3. The van der Waals surface area contributed by atoms with Crippen LogP contribution in [-0.2, 0) is 14.4 Å². The highest BCUT2D eigenvalue weighted by Gasteiger charge is 2.34. The van der Waals surface area contributed by atoms with Crippen molar-refractivity contribution in [1.29, 1.82) is 0 Å². The molecule has 0 atom stereocenters. The molecule has 0 bridgehead atoms. The third-order valence-corrected chi connectivity index (χ3v) is 3.23. The standard InChI is InChI=1S/C13H22N2O4/c1-2-6-14-11(16)4-3-5-12(17)15-10-7-9(8-10)13(18)19/h9-10H,2-8H2,1H3,(H,14,16)(H,15,17)(H,18,19). The number of nitrogens with one attached hydrogen (secondary N) is 2. The Morgan fingerprint density at radius 2 is 1.79 bits per heavy atom. The van der Waals surface area contributed by atoms with Crippen LogP contribution in [0.15, 0.2) is 0 Å². The molecule has 0 unspecified atom stereocenters. The van der Waals surface area contributed by atoms with Crippen LogP contribution in [0.4, 0.5) is 0 Å². The van der Waals surface area contributed by atoms with E-state index < -0.39 is 5.97 Å². The Labute approximate surface area is 112 Å². The summed E-state index contributed by atoms with van der Waals surface area (Å²) in [5, 5.41) is 14.2. The highest BCUT2D eigenvalue weighted by atomic mass is 16.4. The van der Waals surface area contributed by atoms with E-state index in [1.54, 1.807) is 0 Å². The molecule has 0 spiro atoms. The van der Waals surface area contributed by atoms with Gasteiger partial charge in [-0.1, -0.05) is 6.92 Å². The first-order valence-corrected chi connectivity index (χ1v) is 6.81. The van der Waals surface area contributed by atoms with E-state index in [9.17, 15) is 14.4 Å². The Hall–Kier alpha value is -1.59. The van der Waals surface area contributed by atoms with Gasteiger partial charge in [0.25, 0.3) is 0 Å². The van der Waals surface area contributed by atoms with E-state index in [0.29, 0.717) is 38.6 Å². The van der Waals surface area contributed by atoms with Gasteiger partial charge in [-0.05, 0) is 25.7 Å². The van der Waals surface area contributed by atoms with Gasteiger partial charge in [-0.15, -0.1) is 0 Å². The van der Waals surface area contributed by atoms with Crippen LogP contribution in [0.5, 0.6) is 0 Å². The molecule has 0 heterocycles.